The summed E-state index contributed by atoms with van der Waals surface area (Å²) < 4.78 is 0. The fourth-order valence-corrected chi connectivity index (χ4v) is 2.23. The summed E-state index contributed by atoms with van der Waals surface area (Å²) in [4.78, 5) is 0. The van der Waals surface area contributed by atoms with Gasteiger partial charge in [0.25, 0.3) is 0 Å². The van der Waals surface area contributed by atoms with Crippen molar-refractivity contribution >= 4 is 0 Å². The summed E-state index contributed by atoms with van der Waals surface area (Å²) >= 11 is 0. The minimum Gasteiger partial charge on any atom is -0.396 e. The van der Waals surface area contributed by atoms with E-state index in [9.17, 15) is 5.11 Å². The van der Waals surface area contributed by atoms with Crippen LogP contribution in [0.4, 0.5) is 0 Å². The average Bonchev–Trinajstić information content (AvgIpc) is 2.27. The zero-order valence-electron chi connectivity index (χ0n) is 11.2. The predicted octanol–water partition coefficient (Wildman–Crippen LogP) is 3.48. The number of aryl methyl sites for hydroxylation is 2. The molecule has 1 nitrogen and oxygen atoms in total. The molecule has 0 aromatic heterocycles. The second kappa shape index (κ2) is 5.49. The van der Waals surface area contributed by atoms with Crippen molar-refractivity contribution in [3.8, 4) is 0 Å². The molecule has 1 atom stereocenters. The molecule has 1 rings (SSSR count). The fraction of sp³-hybridized carbons (Fsp3) is 0.600. The van der Waals surface area contributed by atoms with Crippen LogP contribution in [0.1, 0.15) is 41.2 Å². The lowest BCUT2D eigenvalue weighted by molar-refractivity contribution is 0.222. The number of benzene rings is 1. The Bertz CT molecular complexity index is 336. The maximum atomic E-state index is 9.31. The predicted molar refractivity (Wildman–Crippen MR) is 70.0 cm³/mol. The molecule has 0 radical (unpaired) electrons. The highest BCUT2D eigenvalue weighted by Crippen LogP contribution is 2.25. The Balaban J connectivity index is 3.11. The Morgan fingerprint density at radius 2 is 1.56 bits per heavy atom. The van der Waals surface area contributed by atoms with Crippen LogP contribution in [-0.2, 0) is 6.42 Å². The van der Waals surface area contributed by atoms with Gasteiger partial charge in [0.2, 0.25) is 0 Å². The van der Waals surface area contributed by atoms with Gasteiger partial charge in [-0.2, -0.15) is 0 Å². The Labute approximate surface area is 99.5 Å². The lowest BCUT2D eigenvalue weighted by Crippen LogP contribution is -2.11. The number of rotatable bonds is 4. The molecular formula is C15H24O. The van der Waals surface area contributed by atoms with E-state index < -0.39 is 0 Å². The van der Waals surface area contributed by atoms with Gasteiger partial charge in [0.15, 0.2) is 0 Å². The van der Waals surface area contributed by atoms with Crippen molar-refractivity contribution < 1.29 is 5.11 Å². The van der Waals surface area contributed by atoms with E-state index in [-0.39, 0.29) is 0 Å². The quantitative estimate of drug-likeness (QED) is 0.823. The second-order valence-electron chi connectivity index (χ2n) is 4.90. The van der Waals surface area contributed by atoms with Gasteiger partial charge >= 0.3 is 0 Å². The van der Waals surface area contributed by atoms with Crippen molar-refractivity contribution in [1.29, 1.82) is 0 Å². The second-order valence-corrected chi connectivity index (χ2v) is 4.90. The van der Waals surface area contributed by atoms with Gasteiger partial charge in [-0.05, 0) is 67.9 Å². The highest BCUT2D eigenvalue weighted by molar-refractivity contribution is 5.44. The summed E-state index contributed by atoms with van der Waals surface area (Å²) in [6, 6.07) is 2.26. The summed E-state index contributed by atoms with van der Waals surface area (Å²) in [6.45, 7) is 11.2. The van der Waals surface area contributed by atoms with Crippen LogP contribution in [0.5, 0.6) is 0 Å². The molecule has 0 saturated heterocycles. The van der Waals surface area contributed by atoms with Crippen LogP contribution < -0.4 is 0 Å². The smallest absolute Gasteiger partial charge is 0.0462 e. The molecular weight excluding hydrogens is 196 g/mol. The minimum atomic E-state index is 0.294. The van der Waals surface area contributed by atoms with E-state index in [1.807, 2.05) is 0 Å². The first-order valence-electron chi connectivity index (χ1n) is 6.18. The van der Waals surface area contributed by atoms with Crippen molar-refractivity contribution in [3.63, 3.8) is 0 Å². The molecule has 16 heavy (non-hydrogen) atoms. The maximum absolute atomic E-state index is 9.31. The molecule has 90 valence electrons. The van der Waals surface area contributed by atoms with Crippen LogP contribution in [0.3, 0.4) is 0 Å². The van der Waals surface area contributed by atoms with E-state index in [0.717, 1.165) is 12.8 Å². The van der Waals surface area contributed by atoms with E-state index in [4.69, 9.17) is 0 Å². The lowest BCUT2D eigenvalue weighted by atomic mass is 9.87. The molecule has 1 aromatic rings. The van der Waals surface area contributed by atoms with Crippen LogP contribution in [0.25, 0.3) is 0 Å². The third-order valence-corrected chi connectivity index (χ3v) is 3.85. The van der Waals surface area contributed by atoms with Crippen LogP contribution in [0, 0.1) is 33.6 Å². The summed E-state index contributed by atoms with van der Waals surface area (Å²) in [6.07, 6.45) is 2.05. The zero-order chi connectivity index (χ0) is 12.3. The van der Waals surface area contributed by atoms with Gasteiger partial charge in [0.05, 0.1) is 0 Å². The number of aliphatic hydroxyl groups excluding tert-OH is 1. The highest BCUT2D eigenvalue weighted by Gasteiger charge is 2.13. The van der Waals surface area contributed by atoms with Gasteiger partial charge < -0.3 is 5.11 Å². The molecule has 0 fully saturated rings. The molecule has 1 heteroatoms. The first kappa shape index (κ1) is 13.2. The molecule has 1 N–H and O–H groups in total. The Morgan fingerprint density at radius 1 is 1.06 bits per heavy atom. The van der Waals surface area contributed by atoms with Crippen LogP contribution in [0.15, 0.2) is 6.07 Å². The van der Waals surface area contributed by atoms with Crippen LogP contribution in [-0.4, -0.2) is 11.7 Å². The topological polar surface area (TPSA) is 20.2 Å². The normalized spacial score (nSPS) is 12.9. The molecule has 1 unspecified atom stereocenters. The first-order valence-corrected chi connectivity index (χ1v) is 6.18. The highest BCUT2D eigenvalue weighted by atomic mass is 16.3. The molecule has 1 aromatic carbocycles. The van der Waals surface area contributed by atoms with Gasteiger partial charge in [-0.3, -0.25) is 0 Å². The van der Waals surface area contributed by atoms with Gasteiger partial charge in [-0.1, -0.05) is 19.4 Å². The van der Waals surface area contributed by atoms with Crippen molar-refractivity contribution in [2.75, 3.05) is 6.61 Å². The van der Waals surface area contributed by atoms with Crippen molar-refractivity contribution in [2.24, 2.45) is 5.92 Å². The molecule has 0 aliphatic carbocycles. The van der Waals surface area contributed by atoms with Gasteiger partial charge in [-0.25, -0.2) is 0 Å². The largest absolute Gasteiger partial charge is 0.396 e. The average molecular weight is 220 g/mol. The fourth-order valence-electron chi connectivity index (χ4n) is 2.23. The van der Waals surface area contributed by atoms with E-state index in [1.165, 1.54) is 27.8 Å². The summed E-state index contributed by atoms with van der Waals surface area (Å²) in [5, 5.41) is 9.31. The summed E-state index contributed by atoms with van der Waals surface area (Å²) in [5.41, 5.74) is 6.97. The zero-order valence-corrected chi connectivity index (χ0v) is 11.2. The molecule has 0 aliphatic heterocycles. The van der Waals surface area contributed by atoms with E-state index in [2.05, 4.69) is 40.7 Å². The number of hydrogen-bond donors (Lipinski definition) is 1. The van der Waals surface area contributed by atoms with Crippen molar-refractivity contribution in [1.82, 2.24) is 0 Å². The van der Waals surface area contributed by atoms with E-state index >= 15 is 0 Å². The Kier molecular flexibility index (Phi) is 4.55. The molecule has 0 aliphatic rings. The SMILES string of the molecule is CCC(CO)Cc1c(C)c(C)cc(C)c1C. The standard InChI is InChI=1S/C15H24O/c1-6-14(9-16)8-15-12(4)10(2)7-11(3)13(15)5/h7,14,16H,6,8-9H2,1-5H3. The Morgan fingerprint density at radius 3 is 1.94 bits per heavy atom. The molecule has 0 saturated carbocycles. The van der Waals surface area contributed by atoms with E-state index in [0.29, 0.717) is 12.5 Å². The Hall–Kier alpha value is -0.820. The third kappa shape index (κ3) is 2.65. The molecule has 0 spiro atoms. The van der Waals surface area contributed by atoms with Crippen molar-refractivity contribution in [2.45, 2.75) is 47.5 Å². The molecule has 0 bridgehead atoms. The summed E-state index contributed by atoms with van der Waals surface area (Å²) in [5.74, 6) is 0.401. The van der Waals surface area contributed by atoms with Crippen LogP contribution in [0.2, 0.25) is 0 Å². The molecule has 0 heterocycles. The minimum absolute atomic E-state index is 0.294. The van der Waals surface area contributed by atoms with Gasteiger partial charge in [0.1, 0.15) is 0 Å². The van der Waals surface area contributed by atoms with Gasteiger partial charge in [-0.15, -0.1) is 0 Å². The number of aliphatic hydroxyl groups is 1. The van der Waals surface area contributed by atoms with E-state index in [1.54, 1.807) is 0 Å². The molecule has 0 amide bonds. The third-order valence-electron chi connectivity index (χ3n) is 3.85. The van der Waals surface area contributed by atoms with Crippen LogP contribution >= 0.6 is 0 Å². The monoisotopic (exact) mass is 220 g/mol. The maximum Gasteiger partial charge on any atom is 0.0462 e. The van der Waals surface area contributed by atoms with Gasteiger partial charge in [0, 0.05) is 6.61 Å². The van der Waals surface area contributed by atoms with Crippen molar-refractivity contribution in [3.05, 3.63) is 33.9 Å². The summed E-state index contributed by atoms with van der Waals surface area (Å²) in [7, 11) is 0. The first-order chi connectivity index (χ1) is 7.51. The number of hydrogen-bond acceptors (Lipinski definition) is 1. The lowest BCUT2D eigenvalue weighted by Gasteiger charge is -2.19.